The topological polar surface area (TPSA) is 64.1 Å². The highest BCUT2D eigenvalue weighted by Crippen LogP contribution is 2.30. The number of fused-ring (bicyclic) bond motifs is 1. The number of benzene rings is 1. The van der Waals surface area contributed by atoms with Crippen LogP contribution in [-0.4, -0.2) is 16.7 Å². The Morgan fingerprint density at radius 3 is 2.85 bits per heavy atom. The number of furan rings is 1. The molecular formula is C15H17N3O2. The molecule has 3 rings (SSSR count). The van der Waals surface area contributed by atoms with Gasteiger partial charge in [0, 0.05) is 5.39 Å². The molecule has 1 atom stereocenters. The minimum atomic E-state index is 0.0967. The molecule has 3 aromatic rings. The first-order valence-corrected chi connectivity index (χ1v) is 6.86. The molecular weight excluding hydrogens is 254 g/mol. The fraction of sp³-hybridized carbons (Fsp3) is 0.333. The summed E-state index contributed by atoms with van der Waals surface area (Å²) >= 11 is 0. The summed E-state index contributed by atoms with van der Waals surface area (Å²) in [4.78, 5) is 0. The number of rotatable bonds is 5. The van der Waals surface area contributed by atoms with Crippen molar-refractivity contribution in [3.05, 3.63) is 36.4 Å². The highest BCUT2D eigenvalue weighted by molar-refractivity contribution is 5.91. The van der Waals surface area contributed by atoms with Crippen molar-refractivity contribution < 1.29 is 8.83 Å². The largest absolute Gasteiger partial charge is 0.463 e. The van der Waals surface area contributed by atoms with Crippen molar-refractivity contribution in [1.82, 2.24) is 15.5 Å². The van der Waals surface area contributed by atoms with Crippen molar-refractivity contribution in [2.24, 2.45) is 0 Å². The zero-order valence-electron chi connectivity index (χ0n) is 11.6. The van der Waals surface area contributed by atoms with E-state index in [0.29, 0.717) is 11.8 Å². The predicted octanol–water partition coefficient (Wildman–Crippen LogP) is 3.54. The highest BCUT2D eigenvalue weighted by atomic mass is 16.4. The fourth-order valence-electron chi connectivity index (χ4n) is 2.28. The van der Waals surface area contributed by atoms with Crippen LogP contribution in [0.15, 0.2) is 39.4 Å². The van der Waals surface area contributed by atoms with Gasteiger partial charge in [0.05, 0.1) is 11.6 Å². The van der Waals surface area contributed by atoms with Gasteiger partial charge < -0.3 is 14.2 Å². The highest BCUT2D eigenvalue weighted by Gasteiger charge is 2.18. The van der Waals surface area contributed by atoms with Crippen molar-refractivity contribution in [2.45, 2.75) is 26.3 Å². The van der Waals surface area contributed by atoms with Crippen LogP contribution in [0.25, 0.3) is 22.4 Å². The Morgan fingerprint density at radius 1 is 1.20 bits per heavy atom. The first-order chi connectivity index (χ1) is 9.83. The van der Waals surface area contributed by atoms with Crippen LogP contribution < -0.4 is 5.32 Å². The van der Waals surface area contributed by atoms with Gasteiger partial charge in [-0.25, -0.2) is 0 Å². The number of nitrogens with zero attached hydrogens (tertiary/aromatic N) is 2. The van der Waals surface area contributed by atoms with Crippen LogP contribution in [-0.2, 0) is 0 Å². The molecule has 0 saturated carbocycles. The SMILES string of the molecule is CCNC(CC)c1nnc(-c2coc3ccccc23)o1. The van der Waals surface area contributed by atoms with Crippen LogP contribution in [0.4, 0.5) is 0 Å². The van der Waals surface area contributed by atoms with Crippen LogP contribution in [0.1, 0.15) is 32.2 Å². The van der Waals surface area contributed by atoms with Gasteiger partial charge in [0.15, 0.2) is 0 Å². The molecule has 1 unspecified atom stereocenters. The Labute approximate surface area is 117 Å². The van der Waals surface area contributed by atoms with E-state index in [9.17, 15) is 0 Å². The van der Waals surface area contributed by atoms with Crippen molar-refractivity contribution in [1.29, 1.82) is 0 Å². The molecule has 0 saturated heterocycles. The first-order valence-electron chi connectivity index (χ1n) is 6.86. The Hall–Kier alpha value is -2.14. The number of para-hydroxylation sites is 1. The van der Waals surface area contributed by atoms with E-state index in [1.807, 2.05) is 24.3 Å². The smallest absolute Gasteiger partial charge is 0.251 e. The van der Waals surface area contributed by atoms with Crippen LogP contribution >= 0.6 is 0 Å². The number of hydrogen-bond acceptors (Lipinski definition) is 5. The minimum Gasteiger partial charge on any atom is -0.463 e. The van der Waals surface area contributed by atoms with Crippen LogP contribution in [0.5, 0.6) is 0 Å². The summed E-state index contributed by atoms with van der Waals surface area (Å²) in [5.41, 5.74) is 1.66. The molecule has 0 spiro atoms. The van der Waals surface area contributed by atoms with Gasteiger partial charge in [-0.15, -0.1) is 10.2 Å². The Morgan fingerprint density at radius 2 is 2.05 bits per heavy atom. The lowest BCUT2D eigenvalue weighted by Crippen LogP contribution is -2.20. The molecule has 0 radical (unpaired) electrons. The van der Waals surface area contributed by atoms with Gasteiger partial charge in [0.1, 0.15) is 11.8 Å². The van der Waals surface area contributed by atoms with E-state index in [0.717, 1.165) is 29.5 Å². The lowest BCUT2D eigenvalue weighted by atomic mass is 10.2. The maximum atomic E-state index is 5.80. The molecule has 5 heteroatoms. The van der Waals surface area contributed by atoms with Gasteiger partial charge in [-0.1, -0.05) is 32.0 Å². The van der Waals surface area contributed by atoms with Crippen molar-refractivity contribution >= 4 is 11.0 Å². The molecule has 0 fully saturated rings. The summed E-state index contributed by atoms with van der Waals surface area (Å²) in [6, 6.07) is 7.90. The van der Waals surface area contributed by atoms with Crippen molar-refractivity contribution in [3.63, 3.8) is 0 Å². The summed E-state index contributed by atoms with van der Waals surface area (Å²) in [6.45, 7) is 5.01. The first kappa shape index (κ1) is 12.9. The van der Waals surface area contributed by atoms with E-state index < -0.39 is 0 Å². The molecule has 1 aromatic carbocycles. The molecule has 104 valence electrons. The third-order valence-electron chi connectivity index (χ3n) is 3.31. The Balaban J connectivity index is 1.97. The Bertz CT molecular complexity index is 702. The zero-order valence-corrected chi connectivity index (χ0v) is 11.6. The second kappa shape index (κ2) is 5.46. The quantitative estimate of drug-likeness (QED) is 0.768. The van der Waals surface area contributed by atoms with Gasteiger partial charge in [-0.2, -0.15) is 0 Å². The summed E-state index contributed by atoms with van der Waals surface area (Å²) < 4.78 is 11.3. The van der Waals surface area contributed by atoms with Crippen molar-refractivity contribution in [2.75, 3.05) is 6.54 Å². The molecule has 0 aliphatic carbocycles. The van der Waals surface area contributed by atoms with Gasteiger partial charge in [-0.05, 0) is 19.0 Å². The van der Waals surface area contributed by atoms with Gasteiger partial charge in [-0.3, -0.25) is 0 Å². The monoisotopic (exact) mass is 271 g/mol. The maximum Gasteiger partial charge on any atom is 0.251 e. The van der Waals surface area contributed by atoms with E-state index in [4.69, 9.17) is 8.83 Å². The van der Waals surface area contributed by atoms with E-state index in [-0.39, 0.29) is 6.04 Å². The second-order valence-electron chi connectivity index (χ2n) is 4.61. The third kappa shape index (κ3) is 2.20. The molecule has 2 aromatic heterocycles. The van der Waals surface area contributed by atoms with Crippen LogP contribution in [0.3, 0.4) is 0 Å². The van der Waals surface area contributed by atoms with Gasteiger partial charge in [0.2, 0.25) is 5.89 Å². The molecule has 0 aliphatic heterocycles. The minimum absolute atomic E-state index is 0.0967. The average molecular weight is 271 g/mol. The van der Waals surface area contributed by atoms with E-state index in [2.05, 4.69) is 29.4 Å². The van der Waals surface area contributed by atoms with E-state index in [1.54, 1.807) is 6.26 Å². The molecule has 0 bridgehead atoms. The second-order valence-corrected chi connectivity index (χ2v) is 4.61. The van der Waals surface area contributed by atoms with Gasteiger partial charge in [0.25, 0.3) is 5.89 Å². The maximum absolute atomic E-state index is 5.80. The summed E-state index contributed by atoms with van der Waals surface area (Å²) in [6.07, 6.45) is 2.57. The lowest BCUT2D eigenvalue weighted by molar-refractivity contribution is 0.402. The number of nitrogens with one attached hydrogen (secondary N) is 1. The molecule has 0 amide bonds. The fourth-order valence-corrected chi connectivity index (χ4v) is 2.28. The third-order valence-corrected chi connectivity index (χ3v) is 3.31. The standard InChI is InChI=1S/C15H17N3O2/c1-3-12(16-4-2)15-18-17-14(20-15)11-9-19-13-8-6-5-7-10(11)13/h5-9,12,16H,3-4H2,1-2H3. The van der Waals surface area contributed by atoms with E-state index >= 15 is 0 Å². The molecule has 20 heavy (non-hydrogen) atoms. The zero-order chi connectivity index (χ0) is 13.9. The average Bonchev–Trinajstić information content (AvgIpc) is 3.11. The summed E-state index contributed by atoms with van der Waals surface area (Å²) in [7, 11) is 0. The summed E-state index contributed by atoms with van der Waals surface area (Å²) in [5.74, 6) is 1.12. The molecule has 2 heterocycles. The number of hydrogen-bond donors (Lipinski definition) is 1. The van der Waals surface area contributed by atoms with Crippen LogP contribution in [0, 0.1) is 0 Å². The Kier molecular flexibility index (Phi) is 3.52. The van der Waals surface area contributed by atoms with Crippen molar-refractivity contribution in [3.8, 4) is 11.5 Å². The molecule has 5 nitrogen and oxygen atoms in total. The number of aromatic nitrogens is 2. The van der Waals surface area contributed by atoms with E-state index in [1.165, 1.54) is 0 Å². The van der Waals surface area contributed by atoms with Gasteiger partial charge >= 0.3 is 0 Å². The lowest BCUT2D eigenvalue weighted by Gasteiger charge is -2.09. The van der Waals surface area contributed by atoms with Crippen LogP contribution in [0.2, 0.25) is 0 Å². The predicted molar refractivity (Wildman–Crippen MR) is 76.2 cm³/mol. The normalized spacial score (nSPS) is 12.9. The molecule has 0 aliphatic rings. The summed E-state index contributed by atoms with van der Waals surface area (Å²) in [5, 5.41) is 12.6. The molecule has 1 N–H and O–H groups in total.